The van der Waals surface area contributed by atoms with Crippen molar-refractivity contribution in [3.05, 3.63) is 35.9 Å². The summed E-state index contributed by atoms with van der Waals surface area (Å²) in [6, 6.07) is 10.8. The SMILES string of the molecule is NCCC1[C@H]2CN(Cc3ccccc3)C[C@@H]12. The fraction of sp³-hybridized carbons (Fsp3) is 0.571. The Labute approximate surface area is 97.4 Å². The first-order chi connectivity index (χ1) is 7.88. The van der Waals surface area contributed by atoms with Crippen LogP contribution in [-0.4, -0.2) is 24.5 Å². The summed E-state index contributed by atoms with van der Waals surface area (Å²) in [5.74, 6) is 2.89. The molecule has 1 heterocycles. The number of hydrogen-bond donors (Lipinski definition) is 1. The van der Waals surface area contributed by atoms with E-state index in [1.54, 1.807) is 0 Å². The Kier molecular flexibility index (Phi) is 2.70. The van der Waals surface area contributed by atoms with Crippen molar-refractivity contribution in [2.45, 2.75) is 13.0 Å². The van der Waals surface area contributed by atoms with Gasteiger partial charge in [0.25, 0.3) is 0 Å². The van der Waals surface area contributed by atoms with E-state index >= 15 is 0 Å². The van der Waals surface area contributed by atoms with E-state index in [0.29, 0.717) is 0 Å². The van der Waals surface area contributed by atoms with Crippen LogP contribution < -0.4 is 5.73 Å². The van der Waals surface area contributed by atoms with E-state index in [-0.39, 0.29) is 0 Å². The van der Waals surface area contributed by atoms with Crippen molar-refractivity contribution in [1.29, 1.82) is 0 Å². The van der Waals surface area contributed by atoms with Gasteiger partial charge < -0.3 is 5.73 Å². The Morgan fingerprint density at radius 1 is 1.12 bits per heavy atom. The Hall–Kier alpha value is -0.860. The second-order valence-corrected chi connectivity index (χ2v) is 5.25. The number of hydrogen-bond acceptors (Lipinski definition) is 2. The van der Waals surface area contributed by atoms with Crippen LogP contribution in [-0.2, 0) is 6.54 Å². The van der Waals surface area contributed by atoms with Crippen molar-refractivity contribution in [3.8, 4) is 0 Å². The zero-order chi connectivity index (χ0) is 11.0. The lowest BCUT2D eigenvalue weighted by molar-refractivity contribution is 0.275. The van der Waals surface area contributed by atoms with Crippen molar-refractivity contribution in [1.82, 2.24) is 4.90 Å². The van der Waals surface area contributed by atoms with Crippen molar-refractivity contribution in [2.75, 3.05) is 19.6 Å². The molecule has 86 valence electrons. The van der Waals surface area contributed by atoms with Crippen molar-refractivity contribution < 1.29 is 0 Å². The maximum absolute atomic E-state index is 5.62. The van der Waals surface area contributed by atoms with Gasteiger partial charge in [-0.2, -0.15) is 0 Å². The molecule has 1 aliphatic heterocycles. The van der Waals surface area contributed by atoms with E-state index in [1.807, 2.05) is 0 Å². The molecule has 1 saturated carbocycles. The Balaban J connectivity index is 1.51. The van der Waals surface area contributed by atoms with E-state index in [0.717, 1.165) is 30.8 Å². The van der Waals surface area contributed by atoms with E-state index in [1.165, 1.54) is 25.1 Å². The number of nitrogens with zero attached hydrogens (tertiary/aromatic N) is 1. The number of benzene rings is 1. The maximum Gasteiger partial charge on any atom is 0.0233 e. The second-order valence-electron chi connectivity index (χ2n) is 5.25. The Morgan fingerprint density at radius 2 is 1.81 bits per heavy atom. The minimum absolute atomic E-state index is 0.871. The van der Waals surface area contributed by atoms with Gasteiger partial charge in [0.05, 0.1) is 0 Å². The van der Waals surface area contributed by atoms with E-state index in [4.69, 9.17) is 5.73 Å². The van der Waals surface area contributed by atoms with E-state index < -0.39 is 0 Å². The molecule has 16 heavy (non-hydrogen) atoms. The molecular formula is C14H20N2. The quantitative estimate of drug-likeness (QED) is 0.830. The van der Waals surface area contributed by atoms with Crippen LogP contribution >= 0.6 is 0 Å². The van der Waals surface area contributed by atoms with Crippen LogP contribution in [0.4, 0.5) is 0 Å². The molecule has 2 fully saturated rings. The van der Waals surface area contributed by atoms with Gasteiger partial charge in [-0.25, -0.2) is 0 Å². The first kappa shape index (κ1) is 10.3. The van der Waals surface area contributed by atoms with Crippen LogP contribution in [0.25, 0.3) is 0 Å². The first-order valence-corrected chi connectivity index (χ1v) is 6.35. The molecule has 3 atom stereocenters. The molecule has 2 aliphatic rings. The summed E-state index contributed by atoms with van der Waals surface area (Å²) < 4.78 is 0. The molecule has 0 aromatic heterocycles. The smallest absolute Gasteiger partial charge is 0.0233 e. The van der Waals surface area contributed by atoms with Gasteiger partial charge >= 0.3 is 0 Å². The van der Waals surface area contributed by atoms with E-state index in [9.17, 15) is 0 Å². The van der Waals surface area contributed by atoms with Crippen molar-refractivity contribution in [2.24, 2.45) is 23.5 Å². The minimum Gasteiger partial charge on any atom is -0.330 e. The number of likely N-dealkylation sites (tertiary alicyclic amines) is 1. The van der Waals surface area contributed by atoms with Crippen LogP contribution in [0.1, 0.15) is 12.0 Å². The summed E-state index contributed by atoms with van der Waals surface area (Å²) in [5, 5.41) is 0. The molecule has 1 aromatic rings. The lowest BCUT2D eigenvalue weighted by Crippen LogP contribution is -2.24. The normalized spacial score (nSPS) is 32.7. The fourth-order valence-corrected chi connectivity index (χ4v) is 3.33. The third kappa shape index (κ3) is 1.87. The van der Waals surface area contributed by atoms with Crippen LogP contribution in [0, 0.1) is 17.8 Å². The highest BCUT2D eigenvalue weighted by atomic mass is 15.2. The number of nitrogens with two attached hydrogens (primary N) is 1. The number of rotatable bonds is 4. The molecular weight excluding hydrogens is 196 g/mol. The van der Waals surface area contributed by atoms with Gasteiger partial charge in [0.2, 0.25) is 0 Å². The molecule has 1 aliphatic carbocycles. The van der Waals surface area contributed by atoms with Gasteiger partial charge in [0.1, 0.15) is 0 Å². The summed E-state index contributed by atoms with van der Waals surface area (Å²) in [6.07, 6.45) is 1.24. The second kappa shape index (κ2) is 4.19. The summed E-state index contributed by atoms with van der Waals surface area (Å²) in [6.45, 7) is 4.59. The van der Waals surface area contributed by atoms with Crippen LogP contribution in [0.2, 0.25) is 0 Å². The highest BCUT2D eigenvalue weighted by Gasteiger charge is 2.54. The maximum atomic E-state index is 5.62. The monoisotopic (exact) mass is 216 g/mol. The predicted octanol–water partition coefficient (Wildman–Crippen LogP) is 1.71. The molecule has 0 radical (unpaired) electrons. The number of fused-ring (bicyclic) bond motifs is 1. The number of piperidine rings is 1. The summed E-state index contributed by atoms with van der Waals surface area (Å²) in [4.78, 5) is 2.59. The molecule has 1 unspecified atom stereocenters. The first-order valence-electron chi connectivity index (χ1n) is 6.35. The zero-order valence-corrected chi connectivity index (χ0v) is 9.68. The van der Waals surface area contributed by atoms with Gasteiger partial charge in [-0.15, -0.1) is 0 Å². The molecule has 2 N–H and O–H groups in total. The molecule has 0 amide bonds. The van der Waals surface area contributed by atoms with Crippen LogP contribution in [0.15, 0.2) is 30.3 Å². The van der Waals surface area contributed by atoms with Gasteiger partial charge in [-0.05, 0) is 36.3 Å². The molecule has 1 saturated heterocycles. The summed E-state index contributed by atoms with van der Waals surface area (Å²) >= 11 is 0. The third-order valence-corrected chi connectivity index (χ3v) is 4.20. The Bertz CT molecular complexity index is 337. The Morgan fingerprint density at radius 3 is 2.44 bits per heavy atom. The van der Waals surface area contributed by atoms with Gasteiger partial charge in [-0.3, -0.25) is 4.90 Å². The van der Waals surface area contributed by atoms with Crippen LogP contribution in [0.5, 0.6) is 0 Å². The molecule has 1 aromatic carbocycles. The lowest BCUT2D eigenvalue weighted by Gasteiger charge is -2.19. The summed E-state index contributed by atoms with van der Waals surface area (Å²) in [7, 11) is 0. The predicted molar refractivity (Wildman–Crippen MR) is 65.9 cm³/mol. The minimum atomic E-state index is 0.871. The average molecular weight is 216 g/mol. The molecule has 3 rings (SSSR count). The lowest BCUT2D eigenvalue weighted by atomic mass is 10.1. The highest BCUT2D eigenvalue weighted by molar-refractivity contribution is 5.15. The zero-order valence-electron chi connectivity index (χ0n) is 9.68. The fourth-order valence-electron chi connectivity index (χ4n) is 3.33. The molecule has 0 bridgehead atoms. The van der Waals surface area contributed by atoms with Gasteiger partial charge in [0.15, 0.2) is 0 Å². The van der Waals surface area contributed by atoms with Crippen molar-refractivity contribution >= 4 is 0 Å². The van der Waals surface area contributed by atoms with Gasteiger partial charge in [-0.1, -0.05) is 30.3 Å². The van der Waals surface area contributed by atoms with Crippen LogP contribution in [0.3, 0.4) is 0 Å². The standard InChI is InChI=1S/C14H20N2/c15-7-6-12-13-9-16(10-14(12)13)8-11-4-2-1-3-5-11/h1-5,12-14H,6-10,15H2/t12?,13-,14+. The van der Waals surface area contributed by atoms with Gasteiger partial charge in [0, 0.05) is 19.6 Å². The summed E-state index contributed by atoms with van der Waals surface area (Å²) in [5.41, 5.74) is 7.06. The topological polar surface area (TPSA) is 29.3 Å². The highest BCUT2D eigenvalue weighted by Crippen LogP contribution is 2.53. The molecule has 2 nitrogen and oxygen atoms in total. The largest absolute Gasteiger partial charge is 0.330 e. The molecule has 2 heteroatoms. The van der Waals surface area contributed by atoms with Crippen molar-refractivity contribution in [3.63, 3.8) is 0 Å². The van der Waals surface area contributed by atoms with E-state index in [2.05, 4.69) is 35.2 Å². The average Bonchev–Trinajstić information content (AvgIpc) is 2.76. The molecule has 0 spiro atoms. The third-order valence-electron chi connectivity index (χ3n) is 4.20.